The van der Waals surface area contributed by atoms with Crippen LogP contribution in [-0.4, -0.2) is 41.3 Å². The Kier molecular flexibility index (Phi) is 5.41. The molecule has 1 aliphatic heterocycles. The third kappa shape index (κ3) is 4.56. The fraction of sp³-hybridized carbons (Fsp3) is 0.529. The topological polar surface area (TPSA) is 61.3 Å². The van der Waals surface area contributed by atoms with Crippen molar-refractivity contribution in [3.05, 3.63) is 46.5 Å². The summed E-state index contributed by atoms with van der Waals surface area (Å²) in [6, 6.07) is 10.3. The first-order valence-electron chi connectivity index (χ1n) is 8.52. The van der Waals surface area contributed by atoms with Gasteiger partial charge in [-0.3, -0.25) is 0 Å². The predicted molar refractivity (Wildman–Crippen MR) is 99.5 cm³/mol. The van der Waals surface area contributed by atoms with Crippen LogP contribution in [-0.2, 0) is 36.5 Å². The van der Waals surface area contributed by atoms with Crippen molar-refractivity contribution in [3.63, 3.8) is 0 Å². The Labute approximate surface area is 154 Å². The Balaban J connectivity index is 1.67. The Morgan fingerprint density at radius 3 is 2.68 bits per heavy atom. The third-order valence-electron chi connectivity index (χ3n) is 4.70. The van der Waals surface area contributed by atoms with Crippen molar-refractivity contribution in [2.75, 3.05) is 18.6 Å². The van der Waals surface area contributed by atoms with Crippen LogP contribution in [0.15, 0.2) is 30.3 Å². The number of nitrogens with one attached hydrogen (secondary N) is 1. The summed E-state index contributed by atoms with van der Waals surface area (Å²) < 4.78 is 27.8. The quantitative estimate of drug-likeness (QED) is 0.745. The molecule has 0 saturated carbocycles. The van der Waals surface area contributed by atoms with Gasteiger partial charge in [-0.1, -0.05) is 30.3 Å². The third-order valence-corrected chi connectivity index (χ3v) is 7.02. The highest BCUT2D eigenvalue weighted by Crippen LogP contribution is 2.21. The van der Waals surface area contributed by atoms with E-state index in [0.717, 1.165) is 18.8 Å². The zero-order valence-electron chi connectivity index (χ0n) is 14.7. The Bertz CT molecular complexity index is 887. The molecule has 0 aliphatic carbocycles. The summed E-state index contributed by atoms with van der Waals surface area (Å²) in [5, 5.41) is 4.66. The number of aromatic nitrogens is 3. The highest BCUT2D eigenvalue weighted by molar-refractivity contribution is 7.91. The zero-order valence-corrected chi connectivity index (χ0v) is 16.3. The van der Waals surface area contributed by atoms with Crippen molar-refractivity contribution in [1.82, 2.24) is 14.3 Å². The van der Waals surface area contributed by atoms with Gasteiger partial charge in [-0.05, 0) is 24.6 Å². The maximum atomic E-state index is 11.7. The molecular weight excluding hydrogens is 356 g/mol. The summed E-state index contributed by atoms with van der Waals surface area (Å²) >= 11 is 5.51. The first-order valence-corrected chi connectivity index (χ1v) is 10.8. The van der Waals surface area contributed by atoms with E-state index in [1.54, 1.807) is 0 Å². The molecule has 1 fully saturated rings. The van der Waals surface area contributed by atoms with E-state index in [4.69, 9.17) is 12.2 Å². The van der Waals surface area contributed by atoms with Crippen LogP contribution in [0.4, 0.5) is 0 Å². The van der Waals surface area contributed by atoms with E-state index in [1.807, 2.05) is 34.5 Å². The number of hydrogen-bond acceptors (Lipinski definition) is 4. The van der Waals surface area contributed by atoms with Crippen LogP contribution in [0.5, 0.6) is 0 Å². The molecule has 2 aromatic rings. The molecule has 136 valence electrons. The molecule has 25 heavy (non-hydrogen) atoms. The van der Waals surface area contributed by atoms with Crippen LogP contribution >= 0.6 is 12.2 Å². The summed E-state index contributed by atoms with van der Waals surface area (Å²) in [5.41, 5.74) is 1.28. The van der Waals surface area contributed by atoms with Crippen LogP contribution < -0.4 is 4.90 Å². The molecule has 2 heterocycles. The van der Waals surface area contributed by atoms with E-state index in [1.165, 1.54) is 10.5 Å². The molecule has 1 aromatic carbocycles. The second-order valence-corrected chi connectivity index (χ2v) is 9.60. The average Bonchev–Trinajstić information content (AvgIpc) is 3.03. The van der Waals surface area contributed by atoms with Gasteiger partial charge in [0.05, 0.1) is 18.6 Å². The van der Waals surface area contributed by atoms with Gasteiger partial charge in [0.2, 0.25) is 4.77 Å². The average molecular weight is 382 g/mol. The van der Waals surface area contributed by atoms with E-state index in [2.05, 4.69) is 24.3 Å². The number of rotatable bonds is 6. The van der Waals surface area contributed by atoms with Gasteiger partial charge in [0.25, 0.3) is 0 Å². The van der Waals surface area contributed by atoms with Gasteiger partial charge in [0.15, 0.2) is 16.5 Å². The van der Waals surface area contributed by atoms with Crippen LogP contribution in [0.25, 0.3) is 0 Å². The normalized spacial score (nSPS) is 20.6. The van der Waals surface area contributed by atoms with Crippen molar-refractivity contribution in [3.8, 4) is 0 Å². The lowest BCUT2D eigenvalue weighted by Crippen LogP contribution is -3.07. The van der Waals surface area contributed by atoms with E-state index in [-0.39, 0.29) is 11.7 Å². The highest BCUT2D eigenvalue weighted by Gasteiger charge is 2.29. The molecule has 0 amide bonds. The van der Waals surface area contributed by atoms with Crippen LogP contribution in [0.1, 0.15) is 17.8 Å². The Morgan fingerprint density at radius 2 is 2.04 bits per heavy atom. The monoisotopic (exact) mass is 381 g/mol. The van der Waals surface area contributed by atoms with Gasteiger partial charge in [-0.15, -0.1) is 0 Å². The van der Waals surface area contributed by atoms with Crippen LogP contribution in [0.2, 0.25) is 0 Å². The maximum absolute atomic E-state index is 11.7. The van der Waals surface area contributed by atoms with Crippen molar-refractivity contribution < 1.29 is 13.3 Å². The molecule has 0 bridgehead atoms. The fourth-order valence-electron chi connectivity index (χ4n) is 3.36. The summed E-state index contributed by atoms with van der Waals surface area (Å²) in [6.45, 7) is 1.58. The lowest BCUT2D eigenvalue weighted by molar-refractivity contribution is -0.917. The molecule has 1 saturated heterocycles. The molecule has 1 aliphatic rings. The smallest absolute Gasteiger partial charge is 0.202 e. The predicted octanol–water partition coefficient (Wildman–Crippen LogP) is 0.601. The summed E-state index contributed by atoms with van der Waals surface area (Å²) in [5.74, 6) is 1.60. The molecule has 0 radical (unpaired) electrons. The van der Waals surface area contributed by atoms with Gasteiger partial charge in [-0.25, -0.2) is 8.42 Å². The molecule has 1 aromatic heterocycles. The minimum atomic E-state index is -2.86. The van der Waals surface area contributed by atoms with Gasteiger partial charge >= 0.3 is 0 Å². The molecule has 2 atom stereocenters. The summed E-state index contributed by atoms with van der Waals surface area (Å²) in [6.07, 6.45) is 1.39. The van der Waals surface area contributed by atoms with Gasteiger partial charge in [0.1, 0.15) is 12.4 Å². The Hall–Kier alpha value is -1.51. The molecule has 1 N–H and O–H groups in total. The second-order valence-electron chi connectivity index (χ2n) is 7.01. The lowest BCUT2D eigenvalue weighted by Gasteiger charge is -2.13. The number of quaternary nitrogens is 1. The van der Waals surface area contributed by atoms with Gasteiger partial charge in [0, 0.05) is 19.0 Å². The molecule has 3 rings (SSSR count). The molecule has 8 heteroatoms. The van der Waals surface area contributed by atoms with Crippen molar-refractivity contribution in [1.29, 1.82) is 0 Å². The SMILES string of the molecule is Cn1c(C[C@H]2CCS(=O)(=O)C2)nn(C[NH+](C)Cc2ccccc2)c1=S. The number of benzene rings is 1. The van der Waals surface area contributed by atoms with Crippen molar-refractivity contribution in [2.24, 2.45) is 13.0 Å². The molecular formula is C17H25N4O2S2+. The van der Waals surface area contributed by atoms with E-state index in [9.17, 15) is 8.42 Å². The van der Waals surface area contributed by atoms with Crippen LogP contribution in [0, 0.1) is 10.7 Å². The number of nitrogens with zero attached hydrogens (tertiary/aromatic N) is 3. The van der Waals surface area contributed by atoms with Gasteiger partial charge < -0.3 is 9.47 Å². The highest BCUT2D eigenvalue weighted by atomic mass is 32.2. The van der Waals surface area contributed by atoms with Crippen molar-refractivity contribution >= 4 is 22.1 Å². The van der Waals surface area contributed by atoms with Crippen LogP contribution in [0.3, 0.4) is 0 Å². The van der Waals surface area contributed by atoms with E-state index >= 15 is 0 Å². The molecule has 6 nitrogen and oxygen atoms in total. The second kappa shape index (κ2) is 7.39. The zero-order chi connectivity index (χ0) is 18.0. The van der Waals surface area contributed by atoms with E-state index in [0.29, 0.717) is 23.6 Å². The number of hydrogen-bond donors (Lipinski definition) is 1. The Morgan fingerprint density at radius 1 is 1.32 bits per heavy atom. The van der Waals surface area contributed by atoms with Gasteiger partial charge in [-0.2, -0.15) is 9.78 Å². The molecule has 0 spiro atoms. The minimum Gasteiger partial charge on any atom is -0.315 e. The maximum Gasteiger partial charge on any atom is 0.202 e. The summed E-state index contributed by atoms with van der Waals surface area (Å²) in [7, 11) is 1.17. The molecule has 1 unspecified atom stereocenters. The standard InChI is InChI=1S/C17H24N4O2S2/c1-19(11-14-6-4-3-5-7-14)13-21-17(24)20(2)16(18-21)10-15-8-9-25(22,23)12-15/h3-7,15H,8-13H2,1-2H3/p+1/t15-/m1/s1. The summed E-state index contributed by atoms with van der Waals surface area (Å²) in [4.78, 5) is 1.29. The van der Waals surface area contributed by atoms with E-state index < -0.39 is 9.84 Å². The first kappa shape index (κ1) is 18.3. The number of sulfone groups is 1. The largest absolute Gasteiger partial charge is 0.315 e. The first-order chi connectivity index (χ1) is 11.8. The minimum absolute atomic E-state index is 0.156. The fourth-order valence-corrected chi connectivity index (χ4v) is 5.43. The lowest BCUT2D eigenvalue weighted by atomic mass is 10.1. The van der Waals surface area contributed by atoms with Crippen molar-refractivity contribution in [2.45, 2.75) is 26.1 Å².